The maximum atomic E-state index is 12.2. The third-order valence-electron chi connectivity index (χ3n) is 4.10. The number of urea groups is 1. The van der Waals surface area contributed by atoms with Crippen LogP contribution in [0.4, 0.5) is 10.5 Å². The predicted octanol–water partition coefficient (Wildman–Crippen LogP) is 2.84. The Hall–Kier alpha value is -2.31. The fourth-order valence-corrected chi connectivity index (χ4v) is 2.77. The standard InChI is InChI=1S/C18H22N2O4/c21-11-15-6-7-20(10-15)18(22)19-16-4-1-3-14(9-16)12-23-13-17-5-2-8-24-17/h1-5,8-9,15,21H,6-7,10-13H2,(H,19,22). The molecule has 0 aliphatic carbocycles. The fraction of sp³-hybridized carbons (Fsp3) is 0.389. The van der Waals surface area contributed by atoms with Crippen molar-refractivity contribution in [1.82, 2.24) is 4.90 Å². The molecule has 1 aromatic heterocycles. The van der Waals surface area contributed by atoms with Gasteiger partial charge in [0, 0.05) is 31.3 Å². The quantitative estimate of drug-likeness (QED) is 0.854. The molecule has 1 aliphatic rings. The number of hydrogen-bond acceptors (Lipinski definition) is 4. The third-order valence-corrected chi connectivity index (χ3v) is 4.10. The fourth-order valence-electron chi connectivity index (χ4n) is 2.77. The number of nitrogens with zero attached hydrogens (tertiary/aromatic N) is 1. The first kappa shape index (κ1) is 16.5. The number of anilines is 1. The van der Waals surface area contributed by atoms with Gasteiger partial charge in [-0.3, -0.25) is 0 Å². The van der Waals surface area contributed by atoms with Gasteiger partial charge in [-0.1, -0.05) is 12.1 Å². The minimum atomic E-state index is -0.125. The van der Waals surface area contributed by atoms with Crippen molar-refractivity contribution in [1.29, 1.82) is 0 Å². The SMILES string of the molecule is O=C(Nc1cccc(COCc2ccco2)c1)N1CCC(CO)C1. The van der Waals surface area contributed by atoms with E-state index < -0.39 is 0 Å². The van der Waals surface area contributed by atoms with E-state index >= 15 is 0 Å². The Morgan fingerprint density at radius 1 is 1.33 bits per heavy atom. The van der Waals surface area contributed by atoms with E-state index in [0.717, 1.165) is 23.4 Å². The largest absolute Gasteiger partial charge is 0.467 e. The monoisotopic (exact) mass is 330 g/mol. The lowest BCUT2D eigenvalue weighted by Gasteiger charge is -2.17. The molecule has 2 N–H and O–H groups in total. The van der Waals surface area contributed by atoms with Crippen LogP contribution in [0, 0.1) is 5.92 Å². The molecular weight excluding hydrogens is 308 g/mol. The molecule has 0 saturated carbocycles. The topological polar surface area (TPSA) is 74.9 Å². The van der Waals surface area contributed by atoms with E-state index in [-0.39, 0.29) is 18.6 Å². The van der Waals surface area contributed by atoms with Crippen LogP contribution in [0.2, 0.25) is 0 Å². The van der Waals surface area contributed by atoms with E-state index in [0.29, 0.717) is 26.3 Å². The van der Waals surface area contributed by atoms with Crippen LogP contribution in [0.5, 0.6) is 0 Å². The van der Waals surface area contributed by atoms with Crippen molar-refractivity contribution in [2.45, 2.75) is 19.6 Å². The van der Waals surface area contributed by atoms with E-state index in [1.54, 1.807) is 11.2 Å². The Morgan fingerprint density at radius 3 is 3.00 bits per heavy atom. The summed E-state index contributed by atoms with van der Waals surface area (Å²) in [6, 6.07) is 11.2. The van der Waals surface area contributed by atoms with Crippen molar-refractivity contribution in [2.75, 3.05) is 25.0 Å². The highest BCUT2D eigenvalue weighted by Crippen LogP contribution is 2.18. The van der Waals surface area contributed by atoms with Gasteiger partial charge in [-0.05, 0) is 36.2 Å². The average molecular weight is 330 g/mol. The van der Waals surface area contributed by atoms with Crippen molar-refractivity contribution < 1.29 is 19.1 Å². The van der Waals surface area contributed by atoms with Crippen LogP contribution in [-0.2, 0) is 18.0 Å². The Bertz CT molecular complexity index is 657. The zero-order valence-electron chi connectivity index (χ0n) is 13.5. The predicted molar refractivity (Wildman–Crippen MR) is 89.4 cm³/mol. The van der Waals surface area contributed by atoms with Gasteiger partial charge in [0.25, 0.3) is 0 Å². The summed E-state index contributed by atoms with van der Waals surface area (Å²) in [5.74, 6) is 0.976. The van der Waals surface area contributed by atoms with Crippen LogP contribution in [0.25, 0.3) is 0 Å². The van der Waals surface area contributed by atoms with Gasteiger partial charge in [-0.2, -0.15) is 0 Å². The summed E-state index contributed by atoms with van der Waals surface area (Å²) in [7, 11) is 0. The number of benzene rings is 1. The number of furan rings is 1. The van der Waals surface area contributed by atoms with E-state index in [9.17, 15) is 4.79 Å². The number of aliphatic hydroxyl groups is 1. The van der Waals surface area contributed by atoms with Gasteiger partial charge in [0.1, 0.15) is 12.4 Å². The van der Waals surface area contributed by atoms with E-state index in [1.807, 2.05) is 36.4 Å². The zero-order valence-corrected chi connectivity index (χ0v) is 13.5. The summed E-state index contributed by atoms with van der Waals surface area (Å²) in [5, 5.41) is 12.1. The summed E-state index contributed by atoms with van der Waals surface area (Å²) in [5.41, 5.74) is 1.72. The molecule has 128 valence electrons. The van der Waals surface area contributed by atoms with E-state index in [4.69, 9.17) is 14.3 Å². The Labute approximate surface area is 141 Å². The highest BCUT2D eigenvalue weighted by Gasteiger charge is 2.25. The second kappa shape index (κ2) is 7.99. The Balaban J connectivity index is 1.50. The zero-order chi connectivity index (χ0) is 16.8. The summed E-state index contributed by atoms with van der Waals surface area (Å²) < 4.78 is 10.8. The number of hydrogen-bond donors (Lipinski definition) is 2. The summed E-state index contributed by atoms with van der Waals surface area (Å²) in [4.78, 5) is 14.0. The minimum absolute atomic E-state index is 0.125. The molecule has 0 radical (unpaired) electrons. The van der Waals surface area contributed by atoms with Gasteiger partial charge in [0.15, 0.2) is 0 Å². The molecule has 0 spiro atoms. The maximum absolute atomic E-state index is 12.2. The number of aliphatic hydroxyl groups excluding tert-OH is 1. The number of likely N-dealkylation sites (tertiary alicyclic amines) is 1. The molecule has 1 saturated heterocycles. The first-order chi connectivity index (χ1) is 11.7. The number of ether oxygens (including phenoxy) is 1. The van der Waals surface area contributed by atoms with Crippen molar-refractivity contribution in [2.24, 2.45) is 5.92 Å². The second-order valence-corrected chi connectivity index (χ2v) is 5.99. The molecule has 1 aromatic carbocycles. The smallest absolute Gasteiger partial charge is 0.321 e. The molecule has 2 heterocycles. The van der Waals surface area contributed by atoms with Gasteiger partial charge >= 0.3 is 6.03 Å². The Morgan fingerprint density at radius 2 is 2.25 bits per heavy atom. The van der Waals surface area contributed by atoms with E-state index in [2.05, 4.69) is 5.32 Å². The van der Waals surface area contributed by atoms with Crippen LogP contribution in [0.1, 0.15) is 17.7 Å². The van der Waals surface area contributed by atoms with Crippen LogP contribution in [-0.4, -0.2) is 35.7 Å². The van der Waals surface area contributed by atoms with Gasteiger partial charge in [0.05, 0.1) is 12.9 Å². The number of carbonyl (C=O) groups is 1. The minimum Gasteiger partial charge on any atom is -0.467 e. The van der Waals surface area contributed by atoms with Gasteiger partial charge in [-0.25, -0.2) is 4.79 Å². The summed E-state index contributed by atoms with van der Waals surface area (Å²) >= 11 is 0. The molecule has 6 heteroatoms. The molecule has 24 heavy (non-hydrogen) atoms. The summed E-state index contributed by atoms with van der Waals surface area (Å²) in [6.45, 7) is 2.28. The van der Waals surface area contributed by atoms with Gasteiger partial charge < -0.3 is 24.5 Å². The molecular formula is C18H22N2O4. The average Bonchev–Trinajstić information content (AvgIpc) is 3.27. The van der Waals surface area contributed by atoms with E-state index in [1.165, 1.54) is 0 Å². The first-order valence-corrected chi connectivity index (χ1v) is 8.10. The molecule has 3 rings (SSSR count). The molecule has 1 atom stereocenters. The van der Waals surface area contributed by atoms with Crippen molar-refractivity contribution in [3.8, 4) is 0 Å². The highest BCUT2D eigenvalue weighted by molar-refractivity contribution is 5.89. The van der Waals surface area contributed by atoms with Crippen LogP contribution < -0.4 is 5.32 Å². The lowest BCUT2D eigenvalue weighted by atomic mass is 10.1. The van der Waals surface area contributed by atoms with Gasteiger partial charge in [0.2, 0.25) is 0 Å². The molecule has 1 aliphatic heterocycles. The third kappa shape index (κ3) is 4.37. The second-order valence-electron chi connectivity index (χ2n) is 5.99. The normalized spacial score (nSPS) is 17.2. The lowest BCUT2D eigenvalue weighted by Crippen LogP contribution is -2.33. The van der Waals surface area contributed by atoms with Crippen molar-refractivity contribution >= 4 is 11.7 Å². The molecule has 0 bridgehead atoms. The number of rotatable bonds is 6. The molecule has 1 unspecified atom stereocenters. The first-order valence-electron chi connectivity index (χ1n) is 8.10. The number of carbonyl (C=O) groups excluding carboxylic acids is 1. The Kier molecular flexibility index (Phi) is 5.51. The summed E-state index contributed by atoms with van der Waals surface area (Å²) in [6.07, 6.45) is 2.47. The van der Waals surface area contributed by atoms with Crippen LogP contribution >= 0.6 is 0 Å². The van der Waals surface area contributed by atoms with Gasteiger partial charge in [-0.15, -0.1) is 0 Å². The van der Waals surface area contributed by atoms with Crippen LogP contribution in [0.15, 0.2) is 47.1 Å². The van der Waals surface area contributed by atoms with Crippen molar-refractivity contribution in [3.05, 3.63) is 54.0 Å². The highest BCUT2D eigenvalue weighted by atomic mass is 16.5. The lowest BCUT2D eigenvalue weighted by molar-refractivity contribution is 0.0930. The van der Waals surface area contributed by atoms with Crippen LogP contribution in [0.3, 0.4) is 0 Å². The van der Waals surface area contributed by atoms with Crippen molar-refractivity contribution in [3.63, 3.8) is 0 Å². The molecule has 6 nitrogen and oxygen atoms in total. The number of nitrogens with one attached hydrogen (secondary N) is 1. The molecule has 2 amide bonds. The number of amides is 2. The molecule has 2 aromatic rings. The maximum Gasteiger partial charge on any atom is 0.321 e. The molecule has 1 fully saturated rings.